The lowest BCUT2D eigenvalue weighted by atomic mass is 9.71. The number of likely N-dealkylation sites (tertiary alicyclic amines) is 1. The number of hydrogen-bond donors (Lipinski definition) is 2. The lowest BCUT2D eigenvalue weighted by Crippen LogP contribution is -2.54. The summed E-state index contributed by atoms with van der Waals surface area (Å²) in [6, 6.07) is 11.0. The Balaban J connectivity index is 1.47. The number of piperidine rings is 1. The molecule has 6 nitrogen and oxygen atoms in total. The molecular formula is C26H28FN3O3. The number of nitrogens with zero attached hydrogens (tertiary/aromatic N) is 2. The van der Waals surface area contributed by atoms with Crippen molar-refractivity contribution in [1.29, 1.82) is 0 Å². The van der Waals surface area contributed by atoms with E-state index in [1.165, 1.54) is 12.3 Å². The number of carboxylic acid groups (broad SMARTS) is 1. The molecule has 2 fully saturated rings. The van der Waals surface area contributed by atoms with Gasteiger partial charge in [-0.05, 0) is 42.4 Å². The Morgan fingerprint density at radius 1 is 1.15 bits per heavy atom. The van der Waals surface area contributed by atoms with Crippen molar-refractivity contribution in [2.75, 3.05) is 6.54 Å². The molecular weight excluding hydrogens is 421 g/mol. The number of halogens is 1. The molecule has 2 N–H and O–H groups in total. The molecule has 172 valence electrons. The van der Waals surface area contributed by atoms with E-state index in [9.17, 15) is 19.1 Å². The van der Waals surface area contributed by atoms with E-state index in [-0.39, 0.29) is 41.9 Å². The zero-order valence-electron chi connectivity index (χ0n) is 18.4. The second-order valence-electron chi connectivity index (χ2n) is 9.26. The standard InChI is InChI=1S/C26H28FN3O3/c27-21-10-12-28-25-24(21)20(15-29-25)19(16-6-2-1-3-7-16)14-23(31)30-13-11-18(26(32)33)17-8-4-5-9-22(17)30/h1-3,6-7,10,12,15,17-19,22H,4-5,8-9,11,13-14H2,(H,28,29)(H,32,33). The monoisotopic (exact) mass is 449 g/mol. The van der Waals surface area contributed by atoms with Gasteiger partial charge in [-0.15, -0.1) is 0 Å². The van der Waals surface area contributed by atoms with Crippen LogP contribution in [0.25, 0.3) is 11.0 Å². The van der Waals surface area contributed by atoms with E-state index in [4.69, 9.17) is 0 Å². The predicted molar refractivity (Wildman–Crippen MR) is 122 cm³/mol. The Labute approximate surface area is 191 Å². The van der Waals surface area contributed by atoms with Crippen molar-refractivity contribution in [2.24, 2.45) is 11.8 Å². The van der Waals surface area contributed by atoms with Crippen LogP contribution >= 0.6 is 0 Å². The molecule has 3 aromatic rings. The Morgan fingerprint density at radius 2 is 1.94 bits per heavy atom. The summed E-state index contributed by atoms with van der Waals surface area (Å²) in [5.41, 5.74) is 2.12. The van der Waals surface area contributed by atoms with Crippen LogP contribution in [0.5, 0.6) is 0 Å². The van der Waals surface area contributed by atoms with Gasteiger partial charge in [-0.25, -0.2) is 9.37 Å². The third-order valence-electron chi connectivity index (χ3n) is 7.53. The van der Waals surface area contributed by atoms with Crippen molar-refractivity contribution in [1.82, 2.24) is 14.9 Å². The minimum absolute atomic E-state index is 0.00300. The molecule has 0 bridgehead atoms. The minimum atomic E-state index is -0.747. The lowest BCUT2D eigenvalue weighted by molar-refractivity contribution is -0.153. The number of carbonyl (C=O) groups is 2. The number of aromatic nitrogens is 2. The highest BCUT2D eigenvalue weighted by Crippen LogP contribution is 2.41. The van der Waals surface area contributed by atoms with Gasteiger partial charge in [0, 0.05) is 37.3 Å². The molecule has 3 heterocycles. The summed E-state index contributed by atoms with van der Waals surface area (Å²) in [4.78, 5) is 34.7. The molecule has 4 atom stereocenters. The smallest absolute Gasteiger partial charge is 0.306 e. The molecule has 1 aromatic carbocycles. The van der Waals surface area contributed by atoms with Gasteiger partial charge in [0.1, 0.15) is 11.5 Å². The van der Waals surface area contributed by atoms with Crippen molar-refractivity contribution < 1.29 is 19.1 Å². The van der Waals surface area contributed by atoms with Gasteiger partial charge < -0.3 is 15.0 Å². The normalized spacial score (nSPS) is 23.8. The van der Waals surface area contributed by atoms with Gasteiger partial charge >= 0.3 is 5.97 Å². The number of amides is 1. The Morgan fingerprint density at radius 3 is 2.73 bits per heavy atom. The highest BCUT2D eigenvalue weighted by molar-refractivity contribution is 5.84. The first-order valence-corrected chi connectivity index (χ1v) is 11.7. The first-order chi connectivity index (χ1) is 16.0. The lowest BCUT2D eigenvalue weighted by Gasteiger charge is -2.47. The first kappa shape index (κ1) is 21.6. The zero-order valence-corrected chi connectivity index (χ0v) is 18.4. The van der Waals surface area contributed by atoms with E-state index in [0.717, 1.165) is 36.8 Å². The summed E-state index contributed by atoms with van der Waals surface area (Å²) in [5.74, 6) is -1.80. The number of rotatable bonds is 5. The maximum Gasteiger partial charge on any atom is 0.306 e. The highest BCUT2D eigenvalue weighted by atomic mass is 19.1. The molecule has 0 radical (unpaired) electrons. The number of carbonyl (C=O) groups excluding carboxylic acids is 1. The van der Waals surface area contributed by atoms with E-state index in [1.807, 2.05) is 35.2 Å². The topological polar surface area (TPSA) is 86.3 Å². The number of pyridine rings is 1. The van der Waals surface area contributed by atoms with Crippen LogP contribution in [0.2, 0.25) is 0 Å². The van der Waals surface area contributed by atoms with Crippen LogP contribution in [0.15, 0.2) is 48.8 Å². The number of benzene rings is 1. The van der Waals surface area contributed by atoms with Crippen LogP contribution in [0.4, 0.5) is 4.39 Å². The van der Waals surface area contributed by atoms with Gasteiger partial charge in [-0.2, -0.15) is 0 Å². The average molecular weight is 450 g/mol. The summed E-state index contributed by atoms with van der Waals surface area (Å²) in [6.07, 6.45) is 7.60. The summed E-state index contributed by atoms with van der Waals surface area (Å²) in [5, 5.41) is 10.1. The van der Waals surface area contributed by atoms with E-state index in [2.05, 4.69) is 9.97 Å². The summed E-state index contributed by atoms with van der Waals surface area (Å²) in [6.45, 7) is 0.461. The Bertz CT molecular complexity index is 1160. The molecule has 0 spiro atoms. The number of nitrogens with one attached hydrogen (secondary N) is 1. The Kier molecular flexibility index (Phi) is 5.87. The van der Waals surface area contributed by atoms with Crippen LogP contribution in [-0.2, 0) is 9.59 Å². The number of carboxylic acids is 1. The summed E-state index contributed by atoms with van der Waals surface area (Å²) < 4.78 is 14.8. The fraction of sp³-hybridized carbons (Fsp3) is 0.423. The molecule has 1 saturated heterocycles. The van der Waals surface area contributed by atoms with E-state index < -0.39 is 5.97 Å². The van der Waals surface area contributed by atoms with E-state index >= 15 is 0 Å². The predicted octanol–water partition coefficient (Wildman–Crippen LogP) is 4.72. The van der Waals surface area contributed by atoms with Crippen LogP contribution in [0.3, 0.4) is 0 Å². The van der Waals surface area contributed by atoms with Crippen LogP contribution in [0, 0.1) is 17.7 Å². The third kappa shape index (κ3) is 4.01. The largest absolute Gasteiger partial charge is 0.481 e. The number of aromatic amines is 1. The van der Waals surface area contributed by atoms with Gasteiger partial charge in [0.25, 0.3) is 0 Å². The van der Waals surface area contributed by atoms with Crippen LogP contribution in [0.1, 0.15) is 55.6 Å². The average Bonchev–Trinajstić information content (AvgIpc) is 3.27. The zero-order chi connectivity index (χ0) is 22.9. The maximum absolute atomic E-state index is 14.8. The maximum atomic E-state index is 14.8. The number of hydrogen-bond acceptors (Lipinski definition) is 3. The fourth-order valence-electron chi connectivity index (χ4n) is 5.97. The quantitative estimate of drug-likeness (QED) is 0.590. The van der Waals surface area contributed by atoms with Crippen LogP contribution < -0.4 is 0 Å². The van der Waals surface area contributed by atoms with Gasteiger partial charge in [0.2, 0.25) is 5.91 Å². The fourth-order valence-corrected chi connectivity index (χ4v) is 5.97. The molecule has 2 aromatic heterocycles. The number of aliphatic carboxylic acids is 1. The molecule has 4 unspecified atom stereocenters. The van der Waals surface area contributed by atoms with Gasteiger partial charge in [-0.1, -0.05) is 43.2 Å². The third-order valence-corrected chi connectivity index (χ3v) is 7.53. The van der Waals surface area contributed by atoms with Crippen molar-refractivity contribution in [3.63, 3.8) is 0 Å². The molecule has 2 aliphatic rings. The van der Waals surface area contributed by atoms with E-state index in [1.54, 1.807) is 6.20 Å². The van der Waals surface area contributed by atoms with E-state index in [0.29, 0.717) is 24.0 Å². The number of fused-ring (bicyclic) bond motifs is 2. The van der Waals surface area contributed by atoms with Crippen LogP contribution in [-0.4, -0.2) is 44.4 Å². The minimum Gasteiger partial charge on any atom is -0.481 e. The molecule has 1 aliphatic carbocycles. The van der Waals surface area contributed by atoms with Crippen molar-refractivity contribution in [3.05, 3.63) is 65.7 Å². The molecule has 1 saturated carbocycles. The summed E-state index contributed by atoms with van der Waals surface area (Å²) in [7, 11) is 0. The van der Waals surface area contributed by atoms with Crippen molar-refractivity contribution in [2.45, 2.75) is 50.5 Å². The second-order valence-corrected chi connectivity index (χ2v) is 9.26. The molecule has 1 aliphatic heterocycles. The molecule has 5 rings (SSSR count). The Hall–Kier alpha value is -3.22. The first-order valence-electron chi connectivity index (χ1n) is 11.7. The summed E-state index contributed by atoms with van der Waals surface area (Å²) >= 11 is 0. The van der Waals surface area contributed by atoms with Gasteiger partial charge in [0.15, 0.2) is 0 Å². The molecule has 1 amide bonds. The van der Waals surface area contributed by atoms with Gasteiger partial charge in [-0.3, -0.25) is 9.59 Å². The van der Waals surface area contributed by atoms with Gasteiger partial charge in [0.05, 0.1) is 11.3 Å². The highest BCUT2D eigenvalue weighted by Gasteiger charge is 2.44. The van der Waals surface area contributed by atoms with Crippen molar-refractivity contribution >= 4 is 22.9 Å². The molecule has 33 heavy (non-hydrogen) atoms. The van der Waals surface area contributed by atoms with Crippen molar-refractivity contribution in [3.8, 4) is 0 Å². The number of H-pyrrole nitrogens is 1. The SMILES string of the molecule is O=C(O)C1CCN(C(=O)CC(c2ccccc2)c2c[nH]c3nccc(F)c23)C2CCCCC12. The second kappa shape index (κ2) is 8.96. The molecule has 7 heteroatoms.